The molecule has 0 aliphatic carbocycles. The molecule has 0 spiro atoms. The summed E-state index contributed by atoms with van der Waals surface area (Å²) in [5, 5.41) is 0.483. The molecule has 0 saturated heterocycles. The SMILES string of the molecule is COc1ccc(F)cc1S(=O)(=O)NCCc1c(C)[nH]c2ccc(OC(F)(F)F)cc12. The van der Waals surface area contributed by atoms with Gasteiger partial charge in [0.25, 0.3) is 0 Å². The topological polar surface area (TPSA) is 80.4 Å². The van der Waals surface area contributed by atoms with Crippen molar-refractivity contribution < 1.29 is 35.5 Å². The molecule has 0 saturated carbocycles. The van der Waals surface area contributed by atoms with E-state index in [0.717, 1.165) is 12.1 Å². The lowest BCUT2D eigenvalue weighted by Crippen LogP contribution is -2.26. The van der Waals surface area contributed by atoms with Crippen molar-refractivity contribution in [2.75, 3.05) is 13.7 Å². The maximum Gasteiger partial charge on any atom is 0.573 e. The van der Waals surface area contributed by atoms with Gasteiger partial charge in [-0.15, -0.1) is 13.2 Å². The van der Waals surface area contributed by atoms with Crippen LogP contribution in [-0.2, 0) is 16.4 Å². The Morgan fingerprint density at radius 3 is 2.53 bits per heavy atom. The maximum absolute atomic E-state index is 13.5. The molecule has 0 aliphatic rings. The number of aromatic amines is 1. The summed E-state index contributed by atoms with van der Waals surface area (Å²) in [6, 6.07) is 7.01. The van der Waals surface area contributed by atoms with E-state index in [1.807, 2.05) is 0 Å². The van der Waals surface area contributed by atoms with Crippen molar-refractivity contribution in [3.05, 3.63) is 53.5 Å². The molecule has 3 aromatic rings. The van der Waals surface area contributed by atoms with Crippen molar-refractivity contribution >= 4 is 20.9 Å². The number of hydrogen-bond acceptors (Lipinski definition) is 4. The van der Waals surface area contributed by atoms with Crippen LogP contribution in [0.3, 0.4) is 0 Å². The summed E-state index contributed by atoms with van der Waals surface area (Å²) in [7, 11) is -2.81. The number of methoxy groups -OCH3 is 1. The van der Waals surface area contributed by atoms with Gasteiger partial charge in [-0.1, -0.05) is 0 Å². The first kappa shape index (κ1) is 21.9. The van der Waals surface area contributed by atoms with Crippen LogP contribution in [0, 0.1) is 12.7 Å². The van der Waals surface area contributed by atoms with Gasteiger partial charge in [0.15, 0.2) is 0 Å². The quantitative estimate of drug-likeness (QED) is 0.537. The molecule has 0 radical (unpaired) electrons. The van der Waals surface area contributed by atoms with Gasteiger partial charge in [-0.05, 0) is 55.3 Å². The summed E-state index contributed by atoms with van der Waals surface area (Å²) in [6.07, 6.45) is -4.64. The van der Waals surface area contributed by atoms with Crippen molar-refractivity contribution in [1.82, 2.24) is 9.71 Å². The lowest BCUT2D eigenvalue weighted by atomic mass is 10.1. The molecular weight excluding hydrogens is 428 g/mol. The molecule has 0 fully saturated rings. The number of aryl methyl sites for hydroxylation is 1. The van der Waals surface area contributed by atoms with Gasteiger partial charge in [0.2, 0.25) is 10.0 Å². The zero-order valence-electron chi connectivity index (χ0n) is 15.9. The number of fused-ring (bicyclic) bond motifs is 1. The maximum atomic E-state index is 13.5. The number of halogens is 4. The van der Waals surface area contributed by atoms with Gasteiger partial charge in [0.1, 0.15) is 22.2 Å². The summed E-state index contributed by atoms with van der Waals surface area (Å²) in [6.45, 7) is 1.66. The Balaban J connectivity index is 1.81. The van der Waals surface area contributed by atoms with Crippen LogP contribution in [0.1, 0.15) is 11.3 Å². The molecule has 6 nitrogen and oxygen atoms in total. The monoisotopic (exact) mass is 446 g/mol. The summed E-state index contributed by atoms with van der Waals surface area (Å²) in [5.74, 6) is -1.12. The molecule has 1 heterocycles. The highest BCUT2D eigenvalue weighted by Gasteiger charge is 2.31. The van der Waals surface area contributed by atoms with E-state index in [1.165, 1.54) is 31.4 Å². The van der Waals surface area contributed by atoms with Crippen molar-refractivity contribution in [2.45, 2.75) is 24.6 Å². The Morgan fingerprint density at radius 2 is 1.87 bits per heavy atom. The minimum absolute atomic E-state index is 0.0129. The van der Waals surface area contributed by atoms with Crippen LogP contribution in [0.25, 0.3) is 10.9 Å². The van der Waals surface area contributed by atoms with E-state index in [-0.39, 0.29) is 29.4 Å². The van der Waals surface area contributed by atoms with Crippen molar-refractivity contribution in [2.24, 2.45) is 0 Å². The van der Waals surface area contributed by atoms with Crippen molar-refractivity contribution in [1.29, 1.82) is 0 Å². The van der Waals surface area contributed by atoms with Gasteiger partial charge in [-0.2, -0.15) is 0 Å². The second-order valence-corrected chi connectivity index (χ2v) is 8.16. The lowest BCUT2D eigenvalue weighted by molar-refractivity contribution is -0.274. The predicted octanol–water partition coefficient (Wildman–Crippen LogP) is 4.04. The van der Waals surface area contributed by atoms with E-state index >= 15 is 0 Å². The molecule has 2 N–H and O–H groups in total. The summed E-state index contributed by atoms with van der Waals surface area (Å²) < 4.78 is 87.3. The van der Waals surface area contributed by atoms with E-state index in [4.69, 9.17) is 4.74 Å². The Bertz CT molecular complexity index is 1170. The van der Waals surface area contributed by atoms with Crippen LogP contribution in [0.5, 0.6) is 11.5 Å². The number of rotatable bonds is 7. The fraction of sp³-hybridized carbons (Fsp3) is 0.263. The molecule has 162 valence electrons. The third-order valence-electron chi connectivity index (χ3n) is 4.41. The Labute approximate surface area is 169 Å². The third kappa shape index (κ3) is 4.85. The van der Waals surface area contributed by atoms with Gasteiger partial charge >= 0.3 is 6.36 Å². The molecule has 2 aromatic carbocycles. The van der Waals surface area contributed by atoms with Crippen LogP contribution < -0.4 is 14.2 Å². The van der Waals surface area contributed by atoms with Crippen LogP contribution in [-0.4, -0.2) is 33.4 Å². The highest BCUT2D eigenvalue weighted by atomic mass is 32.2. The average molecular weight is 446 g/mol. The standard InChI is InChI=1S/C19H18F4N2O4S/c1-11-14(15-10-13(29-19(21,22)23)4-5-16(15)25-11)7-8-24-30(26,27)18-9-12(20)3-6-17(18)28-2/h3-6,9-10,24-25H,7-8H2,1-2H3. The molecular formula is C19H18F4N2O4S. The molecule has 11 heteroatoms. The summed E-state index contributed by atoms with van der Waals surface area (Å²) in [4.78, 5) is 2.69. The van der Waals surface area contributed by atoms with Gasteiger partial charge in [0.05, 0.1) is 7.11 Å². The number of nitrogens with one attached hydrogen (secondary N) is 2. The second-order valence-electron chi connectivity index (χ2n) is 6.43. The Hall–Kier alpha value is -2.79. The van der Waals surface area contributed by atoms with E-state index in [2.05, 4.69) is 14.4 Å². The van der Waals surface area contributed by atoms with E-state index in [0.29, 0.717) is 22.2 Å². The first-order chi connectivity index (χ1) is 14.0. The number of benzene rings is 2. The Morgan fingerprint density at radius 1 is 1.13 bits per heavy atom. The van der Waals surface area contributed by atoms with Crippen molar-refractivity contribution in [3.63, 3.8) is 0 Å². The van der Waals surface area contributed by atoms with E-state index in [9.17, 15) is 26.0 Å². The largest absolute Gasteiger partial charge is 0.573 e. The van der Waals surface area contributed by atoms with Crippen LogP contribution in [0.2, 0.25) is 0 Å². The molecule has 1 aromatic heterocycles. The number of H-pyrrole nitrogens is 1. The van der Waals surface area contributed by atoms with E-state index in [1.54, 1.807) is 6.92 Å². The molecule has 3 rings (SSSR count). The summed E-state index contributed by atoms with van der Waals surface area (Å²) in [5.41, 5.74) is 1.90. The lowest BCUT2D eigenvalue weighted by Gasteiger charge is -2.11. The first-order valence-corrected chi connectivity index (χ1v) is 10.2. The van der Waals surface area contributed by atoms with Gasteiger partial charge in [0, 0.05) is 23.1 Å². The fourth-order valence-electron chi connectivity index (χ4n) is 3.13. The number of sulfonamides is 1. The van der Waals surface area contributed by atoms with Crippen molar-refractivity contribution in [3.8, 4) is 11.5 Å². The molecule has 0 atom stereocenters. The molecule has 30 heavy (non-hydrogen) atoms. The molecule has 0 aliphatic heterocycles. The normalized spacial score (nSPS) is 12.3. The highest BCUT2D eigenvalue weighted by Crippen LogP contribution is 2.30. The van der Waals surface area contributed by atoms with Crippen LogP contribution in [0.4, 0.5) is 17.6 Å². The first-order valence-electron chi connectivity index (χ1n) is 8.70. The number of aromatic nitrogens is 1. The minimum Gasteiger partial charge on any atom is -0.495 e. The number of ether oxygens (including phenoxy) is 2. The minimum atomic E-state index is -4.82. The predicted molar refractivity (Wildman–Crippen MR) is 102 cm³/mol. The summed E-state index contributed by atoms with van der Waals surface area (Å²) >= 11 is 0. The third-order valence-corrected chi connectivity index (χ3v) is 5.89. The average Bonchev–Trinajstić information content (AvgIpc) is 2.95. The smallest absolute Gasteiger partial charge is 0.495 e. The number of alkyl halides is 3. The zero-order chi connectivity index (χ0) is 22.1. The second kappa shape index (κ2) is 8.15. The van der Waals surface area contributed by atoms with Crippen LogP contribution >= 0.6 is 0 Å². The van der Waals surface area contributed by atoms with E-state index < -0.39 is 22.2 Å². The molecule has 0 bridgehead atoms. The molecule has 0 unspecified atom stereocenters. The van der Waals surface area contributed by atoms with Gasteiger partial charge < -0.3 is 14.5 Å². The number of hydrogen-bond donors (Lipinski definition) is 2. The Kier molecular flexibility index (Phi) is 5.95. The fourth-order valence-corrected chi connectivity index (χ4v) is 4.34. The molecule has 0 amide bonds. The zero-order valence-corrected chi connectivity index (χ0v) is 16.7. The van der Waals surface area contributed by atoms with Gasteiger partial charge in [-0.3, -0.25) is 0 Å². The van der Waals surface area contributed by atoms with Crippen LogP contribution in [0.15, 0.2) is 41.3 Å². The highest BCUT2D eigenvalue weighted by molar-refractivity contribution is 7.89. The van der Waals surface area contributed by atoms with Gasteiger partial charge in [-0.25, -0.2) is 17.5 Å².